The van der Waals surface area contributed by atoms with Crippen LogP contribution in [-0.4, -0.2) is 34.4 Å². The van der Waals surface area contributed by atoms with E-state index in [-0.39, 0.29) is 5.54 Å². The van der Waals surface area contributed by atoms with Crippen LogP contribution in [0.4, 0.5) is 0 Å². The van der Waals surface area contributed by atoms with Crippen LogP contribution in [0.25, 0.3) is 10.9 Å². The molecule has 1 unspecified atom stereocenters. The normalized spacial score (nSPS) is 23.2. The minimum absolute atomic E-state index is 0.106. The van der Waals surface area contributed by atoms with Gasteiger partial charge in [-0.2, -0.15) is 0 Å². The van der Waals surface area contributed by atoms with Crippen molar-refractivity contribution in [2.45, 2.75) is 32.4 Å². The van der Waals surface area contributed by atoms with E-state index in [1.165, 1.54) is 10.9 Å². The lowest BCUT2D eigenvalue weighted by molar-refractivity contribution is 0.306. The second-order valence-electron chi connectivity index (χ2n) is 6.07. The fourth-order valence-corrected chi connectivity index (χ4v) is 3.38. The fraction of sp³-hybridized carbons (Fsp3) is 0.500. The molecule has 0 N–H and O–H groups in total. The Bertz CT molecular complexity index is 608. The molecule has 1 aliphatic rings. The molecular weight excluding hydrogens is 301 g/mol. The quantitative estimate of drug-likeness (QED) is 0.627. The summed E-state index contributed by atoms with van der Waals surface area (Å²) in [6.07, 6.45) is 5.21. The third-order valence-electron chi connectivity index (χ3n) is 4.10. The van der Waals surface area contributed by atoms with Crippen molar-refractivity contribution in [3.05, 3.63) is 29.1 Å². The molecule has 0 spiro atoms. The van der Waals surface area contributed by atoms with E-state index in [2.05, 4.69) is 57.7 Å². The number of hydrogen-bond acceptors (Lipinski definition) is 2. The van der Waals surface area contributed by atoms with Crippen LogP contribution in [0.3, 0.4) is 0 Å². The van der Waals surface area contributed by atoms with Crippen LogP contribution in [0.2, 0.25) is 0 Å². The van der Waals surface area contributed by atoms with Crippen LogP contribution in [-0.2, 0) is 6.54 Å². The smallest absolute Gasteiger partial charge is 0.183 e. The van der Waals surface area contributed by atoms with Crippen LogP contribution in [0.15, 0.2) is 29.1 Å². The highest BCUT2D eigenvalue weighted by atomic mass is 79.9. The maximum absolute atomic E-state index is 6.07. The van der Waals surface area contributed by atoms with Crippen LogP contribution in [0.1, 0.15) is 20.3 Å². The Kier molecular flexibility index (Phi) is 3.22. The third-order valence-corrected chi connectivity index (χ3v) is 4.53. The van der Waals surface area contributed by atoms with Gasteiger partial charge in [-0.25, -0.2) is 4.98 Å². The molecule has 1 atom stereocenters. The zero-order valence-corrected chi connectivity index (χ0v) is 12.9. The van der Waals surface area contributed by atoms with Gasteiger partial charge >= 0.3 is 0 Å². The zero-order chi connectivity index (χ0) is 13.6. The van der Waals surface area contributed by atoms with Crippen molar-refractivity contribution >= 4 is 34.8 Å². The molecule has 2 aromatic rings. The lowest BCUT2D eigenvalue weighted by atomic mass is 9.95. The molecule has 3 nitrogen and oxygen atoms in total. The molecule has 2 radical (unpaired) electrons. The summed E-state index contributed by atoms with van der Waals surface area (Å²) in [7, 11) is 6.07. The summed E-state index contributed by atoms with van der Waals surface area (Å²) in [5.74, 6) is 0.597. The SMILES string of the molecule is [B]N1CC(Cn2ccc3cc(Br)ncc32)CC1(C)C. The molecule has 0 aromatic carbocycles. The molecule has 0 amide bonds. The summed E-state index contributed by atoms with van der Waals surface area (Å²) < 4.78 is 3.17. The number of fused-ring (bicyclic) bond motifs is 1. The van der Waals surface area contributed by atoms with Gasteiger partial charge in [0.15, 0.2) is 7.98 Å². The van der Waals surface area contributed by atoms with Crippen molar-refractivity contribution in [3.63, 3.8) is 0 Å². The summed E-state index contributed by atoms with van der Waals surface area (Å²) in [4.78, 5) is 6.29. The largest absolute Gasteiger partial charge is 0.349 e. The van der Waals surface area contributed by atoms with Gasteiger partial charge < -0.3 is 9.38 Å². The fourth-order valence-electron chi connectivity index (χ4n) is 3.03. The lowest BCUT2D eigenvalue weighted by Crippen LogP contribution is -2.35. The molecule has 0 saturated carbocycles. The second kappa shape index (κ2) is 4.63. The van der Waals surface area contributed by atoms with Crippen molar-refractivity contribution in [2.24, 2.45) is 5.92 Å². The molecule has 19 heavy (non-hydrogen) atoms. The first-order chi connectivity index (χ1) is 8.95. The van der Waals surface area contributed by atoms with E-state index >= 15 is 0 Å². The first kappa shape index (κ1) is 13.2. The molecule has 3 heterocycles. The van der Waals surface area contributed by atoms with Crippen molar-refractivity contribution in [1.29, 1.82) is 0 Å². The molecule has 2 aromatic heterocycles. The van der Waals surface area contributed by atoms with Crippen molar-refractivity contribution < 1.29 is 0 Å². The standard InChI is InChI=1S/C14H17BBrN3/c1-14(2)6-10(9-19(14)15)8-18-4-3-11-5-13(16)17-7-12(11)18/h3-5,7,10H,6,8-9H2,1-2H3. The Balaban J connectivity index is 1.83. The van der Waals surface area contributed by atoms with E-state index in [0.29, 0.717) is 5.92 Å². The van der Waals surface area contributed by atoms with E-state index in [1.807, 2.05) is 11.0 Å². The maximum Gasteiger partial charge on any atom is 0.183 e. The van der Waals surface area contributed by atoms with Crippen LogP contribution in [0.5, 0.6) is 0 Å². The van der Waals surface area contributed by atoms with E-state index in [9.17, 15) is 0 Å². The van der Waals surface area contributed by atoms with Crippen molar-refractivity contribution in [2.75, 3.05) is 6.54 Å². The minimum Gasteiger partial charge on any atom is -0.349 e. The average molecular weight is 318 g/mol. The van der Waals surface area contributed by atoms with Gasteiger partial charge in [-0.1, -0.05) is 0 Å². The molecule has 1 fully saturated rings. The summed E-state index contributed by atoms with van der Waals surface area (Å²) in [6.45, 7) is 6.37. The summed E-state index contributed by atoms with van der Waals surface area (Å²) >= 11 is 3.41. The van der Waals surface area contributed by atoms with Crippen molar-refractivity contribution in [1.82, 2.24) is 14.4 Å². The molecule has 3 rings (SSSR count). The van der Waals surface area contributed by atoms with Crippen LogP contribution < -0.4 is 0 Å². The molecule has 5 heteroatoms. The van der Waals surface area contributed by atoms with Gasteiger partial charge in [-0.05, 0) is 60.8 Å². The van der Waals surface area contributed by atoms with Gasteiger partial charge in [0.2, 0.25) is 0 Å². The summed E-state index contributed by atoms with van der Waals surface area (Å²) in [6, 6.07) is 4.20. The number of nitrogens with zero attached hydrogens (tertiary/aromatic N) is 3. The Morgan fingerprint density at radius 3 is 3.00 bits per heavy atom. The van der Waals surface area contributed by atoms with Crippen LogP contribution in [0, 0.1) is 5.92 Å². The first-order valence-corrected chi connectivity index (χ1v) is 7.38. The molecule has 98 valence electrons. The number of pyridine rings is 1. The highest BCUT2D eigenvalue weighted by Crippen LogP contribution is 2.32. The third kappa shape index (κ3) is 2.46. The minimum atomic E-state index is 0.106. The highest BCUT2D eigenvalue weighted by Gasteiger charge is 2.35. The number of halogens is 1. The molecule has 0 bridgehead atoms. The van der Waals surface area contributed by atoms with Gasteiger partial charge in [0.05, 0.1) is 11.7 Å². The number of rotatable bonds is 2. The average Bonchev–Trinajstić information content (AvgIpc) is 2.81. The zero-order valence-electron chi connectivity index (χ0n) is 11.3. The van der Waals surface area contributed by atoms with Gasteiger partial charge in [0.1, 0.15) is 4.60 Å². The van der Waals surface area contributed by atoms with Crippen LogP contribution >= 0.6 is 15.9 Å². The van der Waals surface area contributed by atoms with E-state index in [4.69, 9.17) is 7.98 Å². The van der Waals surface area contributed by atoms with E-state index in [1.54, 1.807) is 0 Å². The molecular formula is C14H17BBrN3. The Labute approximate surface area is 123 Å². The van der Waals surface area contributed by atoms with Gasteiger partial charge in [-0.15, -0.1) is 0 Å². The maximum atomic E-state index is 6.07. The van der Waals surface area contributed by atoms with Gasteiger partial charge in [0.25, 0.3) is 0 Å². The Hall–Kier alpha value is -0.805. The van der Waals surface area contributed by atoms with E-state index < -0.39 is 0 Å². The predicted octanol–water partition coefficient (Wildman–Crippen LogP) is 2.98. The lowest BCUT2D eigenvalue weighted by Gasteiger charge is -2.27. The molecule has 0 aliphatic carbocycles. The van der Waals surface area contributed by atoms with Gasteiger partial charge in [0, 0.05) is 23.7 Å². The Morgan fingerprint density at radius 1 is 1.53 bits per heavy atom. The topological polar surface area (TPSA) is 21.1 Å². The number of aromatic nitrogens is 2. The van der Waals surface area contributed by atoms with Crippen molar-refractivity contribution in [3.8, 4) is 0 Å². The van der Waals surface area contributed by atoms with E-state index in [0.717, 1.165) is 24.1 Å². The number of hydrogen-bond donors (Lipinski definition) is 0. The Morgan fingerprint density at radius 2 is 2.32 bits per heavy atom. The monoisotopic (exact) mass is 317 g/mol. The summed E-state index contributed by atoms with van der Waals surface area (Å²) in [5.41, 5.74) is 1.30. The van der Waals surface area contributed by atoms with Gasteiger partial charge in [-0.3, -0.25) is 0 Å². The molecule has 1 aliphatic heterocycles. The second-order valence-corrected chi connectivity index (χ2v) is 6.88. The first-order valence-electron chi connectivity index (χ1n) is 6.58. The molecule has 1 saturated heterocycles. The predicted molar refractivity (Wildman–Crippen MR) is 82.1 cm³/mol. The highest BCUT2D eigenvalue weighted by molar-refractivity contribution is 9.10. The summed E-state index contributed by atoms with van der Waals surface area (Å²) in [5, 5.41) is 1.23.